The Hall–Kier alpha value is -2.11. The maximum absolute atomic E-state index is 13.3. The molecule has 126 valence electrons. The third-order valence-electron chi connectivity index (χ3n) is 3.66. The van der Waals surface area contributed by atoms with Crippen molar-refractivity contribution in [3.8, 4) is 5.75 Å². The van der Waals surface area contributed by atoms with E-state index >= 15 is 0 Å². The SMILES string of the molecule is O=C(NCCOc1ccc(F)cc1F)NCCC1=CCCCC1. The Balaban J connectivity index is 1.56. The van der Waals surface area contributed by atoms with Crippen molar-refractivity contribution < 1.29 is 18.3 Å². The molecule has 2 amide bonds. The molecule has 0 saturated carbocycles. The number of hydrogen-bond donors (Lipinski definition) is 2. The molecule has 2 N–H and O–H groups in total. The van der Waals surface area contributed by atoms with Crippen LogP contribution < -0.4 is 15.4 Å². The summed E-state index contributed by atoms with van der Waals surface area (Å²) in [4.78, 5) is 11.6. The average molecular weight is 324 g/mol. The summed E-state index contributed by atoms with van der Waals surface area (Å²) >= 11 is 0. The summed E-state index contributed by atoms with van der Waals surface area (Å²) < 4.78 is 31.2. The molecule has 1 aliphatic rings. The lowest BCUT2D eigenvalue weighted by Gasteiger charge is -2.13. The fraction of sp³-hybridized carbons (Fsp3) is 0.471. The summed E-state index contributed by atoms with van der Waals surface area (Å²) in [6.45, 7) is 0.956. The van der Waals surface area contributed by atoms with E-state index in [0.717, 1.165) is 31.4 Å². The topological polar surface area (TPSA) is 50.4 Å². The van der Waals surface area contributed by atoms with Crippen molar-refractivity contribution in [1.82, 2.24) is 10.6 Å². The molecule has 2 rings (SSSR count). The summed E-state index contributed by atoms with van der Waals surface area (Å²) in [5.41, 5.74) is 1.41. The van der Waals surface area contributed by atoms with Crippen LogP contribution in [-0.2, 0) is 0 Å². The van der Waals surface area contributed by atoms with Crippen molar-refractivity contribution >= 4 is 6.03 Å². The van der Waals surface area contributed by atoms with E-state index in [0.29, 0.717) is 6.54 Å². The number of carbonyl (C=O) groups is 1. The second kappa shape index (κ2) is 9.12. The van der Waals surface area contributed by atoms with E-state index in [-0.39, 0.29) is 24.9 Å². The lowest BCUT2D eigenvalue weighted by atomic mass is 9.97. The number of carbonyl (C=O) groups excluding carboxylic acids is 1. The monoisotopic (exact) mass is 324 g/mol. The third-order valence-corrected chi connectivity index (χ3v) is 3.66. The standard InChI is InChI=1S/C17H22F2N2O2/c18-14-6-7-16(15(19)12-14)23-11-10-21-17(22)20-9-8-13-4-2-1-3-5-13/h4,6-7,12H,1-3,5,8-11H2,(H2,20,21,22). The minimum Gasteiger partial charge on any atom is -0.489 e. The van der Waals surface area contributed by atoms with E-state index in [9.17, 15) is 13.6 Å². The third kappa shape index (κ3) is 6.26. The minimum absolute atomic E-state index is 0.0298. The maximum atomic E-state index is 13.3. The largest absolute Gasteiger partial charge is 0.489 e. The van der Waals surface area contributed by atoms with Gasteiger partial charge in [-0.2, -0.15) is 0 Å². The van der Waals surface area contributed by atoms with Gasteiger partial charge in [-0.1, -0.05) is 11.6 Å². The zero-order valence-corrected chi connectivity index (χ0v) is 13.0. The van der Waals surface area contributed by atoms with Crippen molar-refractivity contribution in [2.24, 2.45) is 0 Å². The predicted octanol–water partition coefficient (Wildman–Crippen LogP) is 3.53. The molecule has 23 heavy (non-hydrogen) atoms. The lowest BCUT2D eigenvalue weighted by Crippen LogP contribution is -2.38. The summed E-state index contributed by atoms with van der Waals surface area (Å²) in [5.74, 6) is -1.44. The number of benzene rings is 1. The molecule has 1 aromatic carbocycles. The number of rotatable bonds is 7. The summed E-state index contributed by atoms with van der Waals surface area (Å²) in [5, 5.41) is 5.41. The fourth-order valence-corrected chi connectivity index (χ4v) is 2.45. The molecule has 0 radical (unpaired) electrons. The molecular formula is C17H22F2N2O2. The van der Waals surface area contributed by atoms with Crippen molar-refractivity contribution in [1.29, 1.82) is 0 Å². The number of amides is 2. The van der Waals surface area contributed by atoms with Gasteiger partial charge in [0.1, 0.15) is 12.4 Å². The molecule has 6 heteroatoms. The number of halogens is 2. The van der Waals surface area contributed by atoms with Crippen LogP contribution in [0.2, 0.25) is 0 Å². The smallest absolute Gasteiger partial charge is 0.314 e. The summed E-state index contributed by atoms with van der Waals surface area (Å²) in [6.07, 6.45) is 7.89. The normalized spacial score (nSPS) is 14.1. The van der Waals surface area contributed by atoms with Gasteiger partial charge in [-0.25, -0.2) is 13.6 Å². The van der Waals surface area contributed by atoms with Crippen molar-refractivity contribution in [3.05, 3.63) is 41.5 Å². The first-order valence-electron chi connectivity index (χ1n) is 7.92. The molecule has 0 fully saturated rings. The molecule has 1 aliphatic carbocycles. The highest BCUT2D eigenvalue weighted by Crippen LogP contribution is 2.19. The van der Waals surface area contributed by atoms with Gasteiger partial charge in [0.2, 0.25) is 0 Å². The van der Waals surface area contributed by atoms with Gasteiger partial charge in [-0.05, 0) is 44.2 Å². The second-order valence-electron chi connectivity index (χ2n) is 5.46. The molecule has 0 unspecified atom stereocenters. The van der Waals surface area contributed by atoms with Crippen molar-refractivity contribution in [3.63, 3.8) is 0 Å². The van der Waals surface area contributed by atoms with Gasteiger partial charge in [0.05, 0.1) is 6.54 Å². The molecule has 0 atom stereocenters. The lowest BCUT2D eigenvalue weighted by molar-refractivity contribution is 0.236. The van der Waals surface area contributed by atoms with Gasteiger partial charge in [-0.15, -0.1) is 0 Å². The van der Waals surface area contributed by atoms with E-state index in [1.165, 1.54) is 24.5 Å². The number of nitrogens with one attached hydrogen (secondary N) is 2. The molecule has 0 spiro atoms. The van der Waals surface area contributed by atoms with Gasteiger partial charge in [0, 0.05) is 12.6 Å². The zero-order chi connectivity index (χ0) is 16.5. The molecule has 0 saturated heterocycles. The Kier molecular flexibility index (Phi) is 6.84. The first-order chi connectivity index (χ1) is 11.1. The second-order valence-corrected chi connectivity index (χ2v) is 5.46. The van der Waals surface area contributed by atoms with Gasteiger partial charge < -0.3 is 15.4 Å². The number of hydrogen-bond acceptors (Lipinski definition) is 2. The molecule has 4 nitrogen and oxygen atoms in total. The van der Waals surface area contributed by atoms with Crippen LogP contribution in [0.15, 0.2) is 29.8 Å². The molecule has 0 aromatic heterocycles. The Bertz CT molecular complexity index is 562. The summed E-state index contributed by atoms with van der Waals surface area (Å²) in [6, 6.07) is 2.83. The number of ether oxygens (including phenoxy) is 1. The van der Waals surface area contributed by atoms with Crippen LogP contribution in [0.4, 0.5) is 13.6 Å². The highest BCUT2D eigenvalue weighted by atomic mass is 19.1. The molecular weight excluding hydrogens is 302 g/mol. The van der Waals surface area contributed by atoms with Gasteiger partial charge in [-0.3, -0.25) is 0 Å². The van der Waals surface area contributed by atoms with Crippen molar-refractivity contribution in [2.45, 2.75) is 32.1 Å². The maximum Gasteiger partial charge on any atom is 0.314 e. The predicted molar refractivity (Wildman–Crippen MR) is 84.4 cm³/mol. The molecule has 0 heterocycles. The molecule has 0 bridgehead atoms. The quantitative estimate of drug-likeness (QED) is 0.595. The van der Waals surface area contributed by atoms with Crippen LogP contribution in [0.3, 0.4) is 0 Å². The molecule has 0 aliphatic heterocycles. The van der Waals surface area contributed by atoms with Crippen LogP contribution in [-0.4, -0.2) is 25.7 Å². The first-order valence-corrected chi connectivity index (χ1v) is 7.92. The van der Waals surface area contributed by atoms with E-state index < -0.39 is 11.6 Å². The van der Waals surface area contributed by atoms with Gasteiger partial charge in [0.15, 0.2) is 11.6 Å². The Morgan fingerprint density at radius 2 is 2.00 bits per heavy atom. The average Bonchev–Trinajstić information content (AvgIpc) is 2.54. The van der Waals surface area contributed by atoms with E-state index in [1.807, 2.05) is 0 Å². The fourth-order valence-electron chi connectivity index (χ4n) is 2.45. The molecule has 1 aromatic rings. The highest BCUT2D eigenvalue weighted by Gasteiger charge is 2.06. The highest BCUT2D eigenvalue weighted by molar-refractivity contribution is 5.73. The first kappa shape index (κ1) is 17.2. The van der Waals surface area contributed by atoms with Crippen molar-refractivity contribution in [2.75, 3.05) is 19.7 Å². The van der Waals surface area contributed by atoms with E-state index in [2.05, 4.69) is 16.7 Å². The Labute approximate surface area is 134 Å². The van der Waals surface area contributed by atoms with Crippen LogP contribution in [0.25, 0.3) is 0 Å². The van der Waals surface area contributed by atoms with Gasteiger partial charge in [0.25, 0.3) is 0 Å². The number of urea groups is 1. The van der Waals surface area contributed by atoms with Crippen LogP contribution >= 0.6 is 0 Å². The Morgan fingerprint density at radius 1 is 1.17 bits per heavy atom. The van der Waals surface area contributed by atoms with E-state index in [1.54, 1.807) is 0 Å². The van der Waals surface area contributed by atoms with Crippen LogP contribution in [0, 0.1) is 11.6 Å². The summed E-state index contributed by atoms with van der Waals surface area (Å²) in [7, 11) is 0. The van der Waals surface area contributed by atoms with Crippen LogP contribution in [0.1, 0.15) is 32.1 Å². The van der Waals surface area contributed by atoms with E-state index in [4.69, 9.17) is 4.74 Å². The minimum atomic E-state index is -0.754. The van der Waals surface area contributed by atoms with Gasteiger partial charge >= 0.3 is 6.03 Å². The van der Waals surface area contributed by atoms with Crippen LogP contribution in [0.5, 0.6) is 5.75 Å². The Morgan fingerprint density at radius 3 is 2.74 bits per heavy atom. The number of allylic oxidation sites excluding steroid dienone is 1. The zero-order valence-electron chi connectivity index (χ0n) is 13.0.